The molecule has 0 amide bonds. The molecule has 0 bridgehead atoms. The first-order valence-electron chi connectivity index (χ1n) is 10.2. The molecule has 1 unspecified atom stereocenters. The van der Waals surface area contributed by atoms with E-state index < -0.39 is 0 Å². The molecule has 1 fully saturated rings. The largest absolute Gasteiger partial charge is 0.106 e. The van der Waals surface area contributed by atoms with Crippen molar-refractivity contribution in [2.75, 3.05) is 0 Å². The van der Waals surface area contributed by atoms with Gasteiger partial charge < -0.3 is 0 Å². The standard InChI is InChI=1S/C26H24S2/c1-2-18-16-24(19-10-5-3-6-11-19)27-26-23(22-15-9-14-21(18)22)17-25(28-26)20-12-7-4-8-13-20/h3-8,10-13,16-17,26H,2,9,14-15H2,1H3/b21-18+,23-22-,24-16-. The molecule has 2 aliphatic heterocycles. The maximum atomic E-state index is 2.49. The van der Waals surface area contributed by atoms with Crippen LogP contribution in [0.1, 0.15) is 43.7 Å². The summed E-state index contributed by atoms with van der Waals surface area (Å²) < 4.78 is 0.447. The first-order valence-corrected chi connectivity index (χ1v) is 11.9. The van der Waals surface area contributed by atoms with E-state index in [2.05, 4.69) is 79.7 Å². The first-order chi connectivity index (χ1) is 13.8. The molecule has 0 saturated heterocycles. The highest BCUT2D eigenvalue weighted by Gasteiger charge is 2.32. The zero-order chi connectivity index (χ0) is 18.9. The predicted molar refractivity (Wildman–Crippen MR) is 126 cm³/mol. The van der Waals surface area contributed by atoms with E-state index in [4.69, 9.17) is 0 Å². The van der Waals surface area contributed by atoms with E-state index in [1.165, 1.54) is 45.8 Å². The van der Waals surface area contributed by atoms with Gasteiger partial charge in [-0.1, -0.05) is 67.6 Å². The van der Waals surface area contributed by atoms with Gasteiger partial charge in [0.25, 0.3) is 0 Å². The number of hydrogen-bond donors (Lipinski definition) is 0. The molecule has 0 radical (unpaired) electrons. The lowest BCUT2D eigenvalue weighted by atomic mass is 9.95. The molecule has 3 aliphatic rings. The van der Waals surface area contributed by atoms with Gasteiger partial charge in [-0.2, -0.15) is 0 Å². The minimum atomic E-state index is 0.447. The summed E-state index contributed by atoms with van der Waals surface area (Å²) in [5, 5.41) is 0. The van der Waals surface area contributed by atoms with Crippen molar-refractivity contribution < 1.29 is 0 Å². The van der Waals surface area contributed by atoms with Crippen molar-refractivity contribution in [1.29, 1.82) is 0 Å². The number of fused-ring (bicyclic) bond motifs is 2. The van der Waals surface area contributed by atoms with Gasteiger partial charge in [-0.15, -0.1) is 23.5 Å². The molecule has 0 nitrogen and oxygen atoms in total. The summed E-state index contributed by atoms with van der Waals surface area (Å²) in [6.45, 7) is 2.31. The van der Waals surface area contributed by atoms with Crippen molar-refractivity contribution in [3.63, 3.8) is 0 Å². The van der Waals surface area contributed by atoms with Crippen LogP contribution >= 0.6 is 23.5 Å². The van der Waals surface area contributed by atoms with E-state index in [0.717, 1.165) is 6.42 Å². The van der Waals surface area contributed by atoms with Crippen LogP contribution in [0.4, 0.5) is 0 Å². The third kappa shape index (κ3) is 3.33. The second-order valence-corrected chi connectivity index (χ2v) is 10.1. The monoisotopic (exact) mass is 400 g/mol. The summed E-state index contributed by atoms with van der Waals surface area (Å²) in [4.78, 5) is 2.83. The second kappa shape index (κ2) is 7.85. The Morgan fingerprint density at radius 1 is 0.750 bits per heavy atom. The van der Waals surface area contributed by atoms with Crippen LogP contribution < -0.4 is 0 Å². The Kier molecular flexibility index (Phi) is 5.09. The van der Waals surface area contributed by atoms with Gasteiger partial charge in [-0.3, -0.25) is 0 Å². The fourth-order valence-electron chi connectivity index (χ4n) is 4.37. The summed E-state index contributed by atoms with van der Waals surface area (Å²) in [6.07, 6.45) is 9.84. The highest BCUT2D eigenvalue weighted by Crippen LogP contribution is 2.55. The molecule has 1 saturated carbocycles. The number of benzene rings is 2. The first kappa shape index (κ1) is 18.1. The number of thioether (sulfide) groups is 2. The summed E-state index contributed by atoms with van der Waals surface area (Å²) in [5.41, 5.74) is 9.05. The molecular weight excluding hydrogens is 376 g/mol. The summed E-state index contributed by atoms with van der Waals surface area (Å²) in [5.74, 6) is 0. The zero-order valence-corrected chi connectivity index (χ0v) is 17.8. The van der Waals surface area contributed by atoms with Crippen molar-refractivity contribution >= 4 is 33.3 Å². The van der Waals surface area contributed by atoms with Crippen LogP contribution in [0.15, 0.2) is 95.1 Å². The predicted octanol–water partition coefficient (Wildman–Crippen LogP) is 8.08. The normalized spacial score (nSPS) is 28.7. The van der Waals surface area contributed by atoms with Gasteiger partial charge in [0.1, 0.15) is 0 Å². The van der Waals surface area contributed by atoms with Gasteiger partial charge in [-0.25, -0.2) is 0 Å². The number of rotatable bonds is 3. The van der Waals surface area contributed by atoms with Gasteiger partial charge in [0, 0.05) is 9.81 Å². The van der Waals surface area contributed by atoms with E-state index in [0.29, 0.717) is 4.58 Å². The van der Waals surface area contributed by atoms with E-state index in [-0.39, 0.29) is 0 Å². The molecule has 1 atom stereocenters. The Balaban J connectivity index is 1.64. The highest BCUT2D eigenvalue weighted by atomic mass is 32.2. The van der Waals surface area contributed by atoms with Gasteiger partial charge in [0.15, 0.2) is 0 Å². The maximum absolute atomic E-state index is 2.49. The molecule has 28 heavy (non-hydrogen) atoms. The van der Waals surface area contributed by atoms with Crippen LogP contribution in [0, 0.1) is 0 Å². The van der Waals surface area contributed by atoms with Crippen LogP contribution in [0.25, 0.3) is 9.81 Å². The smallest absolute Gasteiger partial charge is 0.0849 e. The van der Waals surface area contributed by atoms with Crippen LogP contribution in [-0.2, 0) is 0 Å². The minimum absolute atomic E-state index is 0.447. The lowest BCUT2D eigenvalue weighted by molar-refractivity contribution is 0.924. The number of allylic oxidation sites excluding steroid dienone is 5. The molecule has 5 rings (SSSR count). The Morgan fingerprint density at radius 3 is 1.93 bits per heavy atom. The fourth-order valence-corrected chi connectivity index (χ4v) is 7.27. The molecule has 1 aliphatic carbocycles. The van der Waals surface area contributed by atoms with E-state index in [1.807, 2.05) is 23.5 Å². The average Bonchev–Trinajstić information content (AvgIpc) is 3.38. The van der Waals surface area contributed by atoms with Crippen LogP contribution in [-0.4, -0.2) is 4.58 Å². The van der Waals surface area contributed by atoms with Gasteiger partial charge in [0.05, 0.1) is 4.58 Å². The lowest BCUT2D eigenvalue weighted by Gasteiger charge is -2.22. The SMILES string of the molecule is CCC1=C2/CCC/C2=C2\C=C(c3ccccc3)SC2S/C(c2ccccc2)=C\1. The molecular formula is C26H24S2. The van der Waals surface area contributed by atoms with E-state index in [9.17, 15) is 0 Å². The highest BCUT2D eigenvalue weighted by molar-refractivity contribution is 8.25. The molecule has 2 heteroatoms. The molecule has 2 heterocycles. The summed E-state index contributed by atoms with van der Waals surface area (Å²) in [7, 11) is 0. The average molecular weight is 401 g/mol. The molecule has 0 spiro atoms. The molecule has 2 aromatic rings. The van der Waals surface area contributed by atoms with Crippen LogP contribution in [0.3, 0.4) is 0 Å². The fraction of sp³-hybridized carbons (Fsp3) is 0.231. The Bertz CT molecular complexity index is 1010. The van der Waals surface area contributed by atoms with E-state index >= 15 is 0 Å². The molecule has 140 valence electrons. The molecule has 0 aromatic heterocycles. The van der Waals surface area contributed by atoms with Gasteiger partial charge in [0.2, 0.25) is 0 Å². The zero-order valence-electron chi connectivity index (χ0n) is 16.2. The van der Waals surface area contributed by atoms with Crippen LogP contribution in [0.5, 0.6) is 0 Å². The quantitative estimate of drug-likeness (QED) is 0.511. The second-order valence-electron chi connectivity index (χ2n) is 7.46. The Hall–Kier alpha value is -1.90. The van der Waals surface area contributed by atoms with Crippen molar-refractivity contribution in [2.24, 2.45) is 0 Å². The van der Waals surface area contributed by atoms with Crippen molar-refractivity contribution in [1.82, 2.24) is 0 Å². The number of hydrogen-bond acceptors (Lipinski definition) is 2. The lowest BCUT2D eigenvalue weighted by Crippen LogP contribution is -2.04. The summed E-state index contributed by atoms with van der Waals surface area (Å²) >= 11 is 4.07. The third-order valence-electron chi connectivity index (χ3n) is 5.77. The summed E-state index contributed by atoms with van der Waals surface area (Å²) in [6, 6.07) is 21.8. The van der Waals surface area contributed by atoms with Crippen molar-refractivity contribution in [3.8, 4) is 0 Å². The van der Waals surface area contributed by atoms with Crippen LogP contribution in [0.2, 0.25) is 0 Å². The van der Waals surface area contributed by atoms with Gasteiger partial charge in [-0.05, 0) is 71.3 Å². The minimum Gasteiger partial charge on any atom is -0.106 e. The van der Waals surface area contributed by atoms with E-state index in [1.54, 1.807) is 16.7 Å². The Morgan fingerprint density at radius 2 is 1.32 bits per heavy atom. The maximum Gasteiger partial charge on any atom is 0.0849 e. The third-order valence-corrected chi connectivity index (χ3v) is 8.49. The topological polar surface area (TPSA) is 0 Å². The molecule has 2 aromatic carbocycles. The molecule has 0 N–H and O–H groups in total. The van der Waals surface area contributed by atoms with Crippen molar-refractivity contribution in [3.05, 3.63) is 106 Å². The van der Waals surface area contributed by atoms with Gasteiger partial charge >= 0.3 is 0 Å². The van der Waals surface area contributed by atoms with Crippen molar-refractivity contribution in [2.45, 2.75) is 37.2 Å². The Labute approximate surface area is 176 Å².